The van der Waals surface area contributed by atoms with Gasteiger partial charge in [-0.05, 0) is 54.6 Å². The summed E-state index contributed by atoms with van der Waals surface area (Å²) >= 11 is 0. The Kier molecular flexibility index (Phi) is 4.08. The molecule has 0 unspecified atom stereocenters. The predicted octanol–water partition coefficient (Wildman–Crippen LogP) is 4.02. The molecule has 4 aromatic rings. The summed E-state index contributed by atoms with van der Waals surface area (Å²) in [5, 5.41) is 4.35. The maximum absolute atomic E-state index is 13.2. The van der Waals surface area contributed by atoms with Crippen LogP contribution in [0.2, 0.25) is 0 Å². The van der Waals surface area contributed by atoms with Crippen molar-refractivity contribution in [1.29, 1.82) is 0 Å². The Labute approximate surface area is 155 Å². The first kappa shape index (κ1) is 16.8. The summed E-state index contributed by atoms with van der Waals surface area (Å²) in [7, 11) is 3.19. The van der Waals surface area contributed by atoms with Gasteiger partial charge in [-0.2, -0.15) is 0 Å². The smallest absolute Gasteiger partial charge is 0.199 e. The minimum atomic E-state index is -0.110. The monoisotopic (exact) mass is 361 g/mol. The van der Waals surface area contributed by atoms with Crippen molar-refractivity contribution in [3.05, 3.63) is 64.8 Å². The van der Waals surface area contributed by atoms with Crippen LogP contribution in [-0.2, 0) is 0 Å². The topological polar surface area (TPSA) is 89.4 Å². The zero-order valence-electron chi connectivity index (χ0n) is 15.0. The van der Waals surface area contributed by atoms with E-state index in [1.54, 1.807) is 32.4 Å². The average Bonchev–Trinajstić information content (AvgIpc) is 2.70. The minimum Gasteiger partial charge on any atom is -0.497 e. The van der Waals surface area contributed by atoms with E-state index < -0.39 is 0 Å². The molecule has 0 aliphatic heterocycles. The molecule has 6 heteroatoms. The average molecular weight is 361 g/mol. The molecule has 136 valence electrons. The minimum absolute atomic E-state index is 0.110. The van der Waals surface area contributed by atoms with E-state index in [0.29, 0.717) is 38.9 Å². The zero-order chi connectivity index (χ0) is 19.0. The molecular formula is C21H19N3O3. The number of aromatic amines is 1. The lowest BCUT2D eigenvalue weighted by atomic mass is 10.1. The predicted molar refractivity (Wildman–Crippen MR) is 109 cm³/mol. The summed E-state index contributed by atoms with van der Waals surface area (Å²) in [6, 6.07) is 16.4. The van der Waals surface area contributed by atoms with Crippen LogP contribution in [0.4, 0.5) is 17.1 Å². The number of hydrogen-bond donors (Lipinski definition) is 3. The van der Waals surface area contributed by atoms with Gasteiger partial charge in [-0.25, -0.2) is 0 Å². The third-order valence-electron chi connectivity index (χ3n) is 4.56. The molecule has 27 heavy (non-hydrogen) atoms. The third-order valence-corrected chi connectivity index (χ3v) is 4.56. The molecule has 0 saturated carbocycles. The summed E-state index contributed by atoms with van der Waals surface area (Å²) in [4.78, 5) is 16.5. The van der Waals surface area contributed by atoms with Crippen LogP contribution >= 0.6 is 0 Å². The summed E-state index contributed by atoms with van der Waals surface area (Å²) in [6.45, 7) is 0. The number of H-pyrrole nitrogens is 1. The van der Waals surface area contributed by atoms with Gasteiger partial charge in [0, 0.05) is 11.1 Å². The van der Waals surface area contributed by atoms with Crippen LogP contribution in [-0.4, -0.2) is 19.2 Å². The van der Waals surface area contributed by atoms with Crippen LogP contribution in [0.25, 0.3) is 21.8 Å². The van der Waals surface area contributed by atoms with E-state index in [0.717, 1.165) is 11.4 Å². The summed E-state index contributed by atoms with van der Waals surface area (Å²) < 4.78 is 10.4. The van der Waals surface area contributed by atoms with Gasteiger partial charge in [0.1, 0.15) is 11.5 Å². The molecule has 0 saturated heterocycles. The second kappa shape index (κ2) is 6.57. The van der Waals surface area contributed by atoms with Gasteiger partial charge in [0.2, 0.25) is 0 Å². The highest BCUT2D eigenvalue weighted by molar-refractivity contribution is 6.05. The van der Waals surface area contributed by atoms with Gasteiger partial charge < -0.3 is 25.5 Å². The van der Waals surface area contributed by atoms with E-state index in [-0.39, 0.29) is 5.43 Å². The lowest BCUT2D eigenvalue weighted by Gasteiger charge is -2.13. The Bertz CT molecular complexity index is 1200. The van der Waals surface area contributed by atoms with Crippen molar-refractivity contribution >= 4 is 38.9 Å². The van der Waals surface area contributed by atoms with Gasteiger partial charge >= 0.3 is 0 Å². The maximum Gasteiger partial charge on any atom is 0.199 e. The summed E-state index contributed by atoms with van der Waals surface area (Å²) in [5.74, 6) is 1.39. The van der Waals surface area contributed by atoms with Crippen LogP contribution in [0.5, 0.6) is 11.5 Å². The van der Waals surface area contributed by atoms with E-state index in [4.69, 9.17) is 15.2 Å². The van der Waals surface area contributed by atoms with E-state index in [2.05, 4.69) is 10.3 Å². The van der Waals surface area contributed by atoms with Gasteiger partial charge in [-0.1, -0.05) is 0 Å². The highest BCUT2D eigenvalue weighted by Gasteiger charge is 2.13. The number of pyridine rings is 1. The normalized spacial score (nSPS) is 10.9. The van der Waals surface area contributed by atoms with Crippen LogP contribution in [0.1, 0.15) is 0 Å². The highest BCUT2D eigenvalue weighted by Crippen LogP contribution is 2.30. The number of aromatic nitrogens is 1. The fraction of sp³-hybridized carbons (Fsp3) is 0.0952. The van der Waals surface area contributed by atoms with Crippen LogP contribution < -0.4 is 26.0 Å². The third kappa shape index (κ3) is 2.91. The van der Waals surface area contributed by atoms with E-state index >= 15 is 0 Å². The molecule has 1 heterocycles. The standard InChI is InChI=1S/C21H19N3O3/c1-26-13-5-3-12(4-6-13)23-18-10-8-16(22)20-19(18)21(25)15-11-14(27-2)7-9-17(15)24-20/h3-11,23H,22H2,1-2H3,(H,24,25). The maximum atomic E-state index is 13.2. The van der Waals surface area contributed by atoms with Crippen molar-refractivity contribution < 1.29 is 9.47 Å². The van der Waals surface area contributed by atoms with Gasteiger partial charge in [0.05, 0.1) is 42.0 Å². The quantitative estimate of drug-likeness (QED) is 0.377. The van der Waals surface area contributed by atoms with Gasteiger partial charge in [0.15, 0.2) is 5.43 Å². The van der Waals surface area contributed by atoms with Gasteiger partial charge in [0.25, 0.3) is 0 Å². The molecule has 0 aliphatic rings. The molecule has 0 atom stereocenters. The number of fused-ring (bicyclic) bond motifs is 2. The Morgan fingerprint density at radius 1 is 0.926 bits per heavy atom. The molecule has 6 nitrogen and oxygen atoms in total. The number of rotatable bonds is 4. The second-order valence-electron chi connectivity index (χ2n) is 6.17. The molecule has 1 aromatic heterocycles. The van der Waals surface area contributed by atoms with Crippen molar-refractivity contribution in [3.63, 3.8) is 0 Å². The first-order chi connectivity index (χ1) is 13.1. The van der Waals surface area contributed by atoms with Crippen LogP contribution in [0, 0.1) is 0 Å². The Morgan fingerprint density at radius 3 is 2.33 bits per heavy atom. The van der Waals surface area contributed by atoms with Crippen molar-refractivity contribution in [1.82, 2.24) is 4.98 Å². The van der Waals surface area contributed by atoms with Crippen molar-refractivity contribution in [2.45, 2.75) is 0 Å². The lowest BCUT2D eigenvalue weighted by molar-refractivity contribution is 0.415. The Hall–Kier alpha value is -3.67. The molecule has 0 bridgehead atoms. The molecule has 0 aliphatic carbocycles. The van der Waals surface area contributed by atoms with Crippen LogP contribution in [0.15, 0.2) is 59.4 Å². The fourth-order valence-electron chi connectivity index (χ4n) is 3.14. The number of nitrogen functional groups attached to an aromatic ring is 1. The number of anilines is 3. The number of nitrogens with one attached hydrogen (secondary N) is 2. The number of hydrogen-bond acceptors (Lipinski definition) is 5. The molecule has 0 amide bonds. The SMILES string of the molecule is COc1ccc(Nc2ccc(N)c3[nH]c4ccc(OC)cc4c(=O)c23)cc1. The highest BCUT2D eigenvalue weighted by atomic mass is 16.5. The number of methoxy groups -OCH3 is 2. The molecule has 0 radical (unpaired) electrons. The molecule has 4 N–H and O–H groups in total. The zero-order valence-corrected chi connectivity index (χ0v) is 15.0. The Balaban J connectivity index is 1.93. The summed E-state index contributed by atoms with van der Waals surface area (Å²) in [6.07, 6.45) is 0. The van der Waals surface area contributed by atoms with Gasteiger partial charge in [-0.3, -0.25) is 4.79 Å². The second-order valence-corrected chi connectivity index (χ2v) is 6.17. The fourth-order valence-corrected chi connectivity index (χ4v) is 3.14. The van der Waals surface area contributed by atoms with Crippen molar-refractivity contribution in [2.24, 2.45) is 0 Å². The number of ether oxygens (including phenoxy) is 2. The molecule has 3 aromatic carbocycles. The lowest BCUT2D eigenvalue weighted by Crippen LogP contribution is -2.08. The number of nitrogens with two attached hydrogens (primary N) is 1. The van der Waals surface area contributed by atoms with E-state index in [1.165, 1.54) is 0 Å². The molecule has 0 spiro atoms. The Morgan fingerprint density at radius 2 is 1.63 bits per heavy atom. The molecular weight excluding hydrogens is 342 g/mol. The van der Waals surface area contributed by atoms with Gasteiger partial charge in [-0.15, -0.1) is 0 Å². The van der Waals surface area contributed by atoms with Crippen molar-refractivity contribution in [3.8, 4) is 11.5 Å². The molecule has 4 rings (SSSR count). The number of benzene rings is 3. The van der Waals surface area contributed by atoms with E-state index in [1.807, 2.05) is 36.4 Å². The first-order valence-corrected chi connectivity index (χ1v) is 8.44. The first-order valence-electron chi connectivity index (χ1n) is 8.44. The van der Waals surface area contributed by atoms with Crippen LogP contribution in [0.3, 0.4) is 0 Å². The molecule has 0 fully saturated rings. The van der Waals surface area contributed by atoms with Crippen molar-refractivity contribution in [2.75, 3.05) is 25.3 Å². The van der Waals surface area contributed by atoms with E-state index in [9.17, 15) is 4.79 Å². The largest absolute Gasteiger partial charge is 0.497 e. The summed E-state index contributed by atoms with van der Waals surface area (Å²) in [5.41, 5.74) is 9.37.